The molecule has 15 heavy (non-hydrogen) atoms. The van der Waals surface area contributed by atoms with Gasteiger partial charge in [0.05, 0.1) is 5.75 Å². The summed E-state index contributed by atoms with van der Waals surface area (Å²) in [6.45, 7) is 0. The maximum Gasteiger partial charge on any atom is 0.211 e. The molecule has 2 unspecified atom stereocenters. The van der Waals surface area contributed by atoms with Gasteiger partial charge in [0.1, 0.15) is 0 Å². The summed E-state index contributed by atoms with van der Waals surface area (Å²) in [4.78, 5) is 0. The van der Waals surface area contributed by atoms with Crippen LogP contribution in [-0.4, -0.2) is 37.6 Å². The van der Waals surface area contributed by atoms with Gasteiger partial charge in [-0.05, 0) is 31.9 Å². The van der Waals surface area contributed by atoms with Crippen LogP contribution >= 0.6 is 23.4 Å². The average Bonchev–Trinajstić information content (AvgIpc) is 2.62. The van der Waals surface area contributed by atoms with Crippen molar-refractivity contribution in [2.24, 2.45) is 0 Å². The van der Waals surface area contributed by atoms with Gasteiger partial charge in [0.15, 0.2) is 0 Å². The van der Waals surface area contributed by atoms with E-state index in [0.717, 1.165) is 19.3 Å². The van der Waals surface area contributed by atoms with Crippen LogP contribution in [0.1, 0.15) is 25.7 Å². The van der Waals surface area contributed by atoms with Gasteiger partial charge >= 0.3 is 0 Å². The molecule has 6 heteroatoms. The highest BCUT2D eigenvalue weighted by Gasteiger charge is 2.26. The Bertz CT molecular complexity index is 282. The molecule has 0 heterocycles. The van der Waals surface area contributed by atoms with Crippen molar-refractivity contribution in [2.45, 2.75) is 37.0 Å². The molecule has 1 saturated carbocycles. The molecule has 0 aromatic carbocycles. The van der Waals surface area contributed by atoms with Crippen LogP contribution in [0.15, 0.2) is 0 Å². The van der Waals surface area contributed by atoms with Crippen LogP contribution in [0.3, 0.4) is 0 Å². The Morgan fingerprint density at radius 1 is 1.47 bits per heavy atom. The number of rotatable bonds is 6. The maximum atomic E-state index is 11.6. The van der Waals surface area contributed by atoms with Gasteiger partial charge in [-0.15, -0.1) is 11.6 Å². The van der Waals surface area contributed by atoms with Gasteiger partial charge in [0, 0.05) is 17.2 Å². The third kappa shape index (κ3) is 4.93. The topological polar surface area (TPSA) is 46.2 Å². The van der Waals surface area contributed by atoms with Crippen molar-refractivity contribution in [1.82, 2.24) is 4.72 Å². The molecular formula is C9H18ClNO2S2. The summed E-state index contributed by atoms with van der Waals surface area (Å²) in [5.74, 6) is 0.552. The third-order valence-electron chi connectivity index (χ3n) is 2.61. The average molecular weight is 272 g/mol. The van der Waals surface area contributed by atoms with Gasteiger partial charge in [0.25, 0.3) is 0 Å². The first-order valence-corrected chi connectivity index (χ1v) is 8.63. The van der Waals surface area contributed by atoms with E-state index >= 15 is 0 Å². The Labute approximate surface area is 101 Å². The van der Waals surface area contributed by atoms with Crippen molar-refractivity contribution in [3.05, 3.63) is 0 Å². The molecule has 0 saturated heterocycles. The minimum atomic E-state index is -3.10. The van der Waals surface area contributed by atoms with E-state index < -0.39 is 10.0 Å². The monoisotopic (exact) mass is 271 g/mol. The number of hydrogen-bond donors (Lipinski definition) is 1. The molecule has 0 aromatic heterocycles. The second-order valence-electron chi connectivity index (χ2n) is 3.85. The molecule has 0 aliphatic heterocycles. The lowest BCUT2D eigenvalue weighted by atomic mass is 10.3. The van der Waals surface area contributed by atoms with Crippen molar-refractivity contribution in [2.75, 3.05) is 17.9 Å². The summed E-state index contributed by atoms with van der Waals surface area (Å²) in [5.41, 5.74) is 0. The molecular weight excluding hydrogens is 254 g/mol. The predicted molar refractivity (Wildman–Crippen MR) is 67.2 cm³/mol. The van der Waals surface area contributed by atoms with Crippen molar-refractivity contribution in [3.8, 4) is 0 Å². The highest BCUT2D eigenvalue weighted by molar-refractivity contribution is 7.99. The van der Waals surface area contributed by atoms with Gasteiger partial charge in [-0.3, -0.25) is 0 Å². The van der Waals surface area contributed by atoms with Crippen molar-refractivity contribution >= 4 is 33.4 Å². The zero-order chi connectivity index (χ0) is 11.3. The fourth-order valence-electron chi connectivity index (χ4n) is 1.82. The number of alkyl halides is 1. The molecule has 90 valence electrons. The van der Waals surface area contributed by atoms with E-state index in [1.165, 1.54) is 0 Å². The van der Waals surface area contributed by atoms with E-state index in [1.54, 1.807) is 0 Å². The van der Waals surface area contributed by atoms with Crippen molar-refractivity contribution < 1.29 is 8.42 Å². The standard InChI is InChI=1S/C9H18ClNO2S2/c1-14-9-4-3-8(7-9)11-15(12,13)6-2-5-10/h8-9,11H,2-7H2,1H3. The highest BCUT2D eigenvalue weighted by atomic mass is 35.5. The first kappa shape index (κ1) is 13.6. The van der Waals surface area contributed by atoms with Crippen LogP contribution in [0.2, 0.25) is 0 Å². The van der Waals surface area contributed by atoms with Gasteiger partial charge in [0.2, 0.25) is 10.0 Å². The first-order valence-electron chi connectivity index (χ1n) is 5.16. The fraction of sp³-hybridized carbons (Fsp3) is 1.00. The SMILES string of the molecule is CSC1CCC(NS(=O)(=O)CCCCl)C1. The van der Waals surface area contributed by atoms with Gasteiger partial charge in [-0.2, -0.15) is 11.8 Å². The second kappa shape index (κ2) is 6.33. The minimum Gasteiger partial charge on any atom is -0.212 e. The lowest BCUT2D eigenvalue weighted by Crippen LogP contribution is -2.35. The van der Waals surface area contributed by atoms with E-state index in [-0.39, 0.29) is 11.8 Å². The molecule has 1 rings (SSSR count). The van der Waals surface area contributed by atoms with Crippen LogP contribution in [0, 0.1) is 0 Å². The molecule has 0 bridgehead atoms. The summed E-state index contributed by atoms with van der Waals surface area (Å²) in [7, 11) is -3.10. The first-order chi connectivity index (χ1) is 7.07. The van der Waals surface area contributed by atoms with E-state index in [9.17, 15) is 8.42 Å². The summed E-state index contributed by atoms with van der Waals surface area (Å²) < 4.78 is 25.9. The Balaban J connectivity index is 2.35. The van der Waals surface area contributed by atoms with Crippen LogP contribution in [-0.2, 0) is 10.0 Å². The molecule has 1 fully saturated rings. The molecule has 3 nitrogen and oxygen atoms in total. The molecule has 2 atom stereocenters. The van der Waals surface area contributed by atoms with Crippen molar-refractivity contribution in [3.63, 3.8) is 0 Å². The number of nitrogens with one attached hydrogen (secondary N) is 1. The minimum absolute atomic E-state index is 0.141. The summed E-state index contributed by atoms with van der Waals surface area (Å²) in [5, 5.41) is 0.616. The number of hydrogen-bond acceptors (Lipinski definition) is 3. The second-order valence-corrected chi connectivity index (χ2v) is 7.24. The molecule has 1 N–H and O–H groups in total. The number of thioether (sulfide) groups is 1. The van der Waals surface area contributed by atoms with E-state index in [2.05, 4.69) is 11.0 Å². The number of sulfonamides is 1. The fourth-order valence-corrected chi connectivity index (χ4v) is 4.27. The third-order valence-corrected chi connectivity index (χ3v) is 5.49. The molecule has 0 spiro atoms. The van der Waals surface area contributed by atoms with Crippen LogP contribution in [0.25, 0.3) is 0 Å². The zero-order valence-electron chi connectivity index (χ0n) is 8.91. The summed E-state index contributed by atoms with van der Waals surface area (Å²) in [6, 6.07) is 0.141. The summed E-state index contributed by atoms with van der Waals surface area (Å²) >= 11 is 7.30. The molecule has 1 aliphatic carbocycles. The van der Waals surface area contributed by atoms with Gasteiger partial charge < -0.3 is 0 Å². The largest absolute Gasteiger partial charge is 0.212 e. The predicted octanol–water partition coefficient (Wildman–Crippen LogP) is 1.82. The molecule has 0 amide bonds. The van der Waals surface area contributed by atoms with E-state index in [4.69, 9.17) is 11.6 Å². The molecule has 0 aromatic rings. The van der Waals surface area contributed by atoms with E-state index in [0.29, 0.717) is 17.6 Å². The van der Waals surface area contributed by atoms with Gasteiger partial charge in [-0.1, -0.05) is 0 Å². The maximum absolute atomic E-state index is 11.6. The highest BCUT2D eigenvalue weighted by Crippen LogP contribution is 2.28. The Morgan fingerprint density at radius 2 is 2.20 bits per heavy atom. The zero-order valence-corrected chi connectivity index (χ0v) is 11.3. The lowest BCUT2D eigenvalue weighted by Gasteiger charge is -2.12. The summed E-state index contributed by atoms with van der Waals surface area (Å²) in [6.07, 6.45) is 5.64. The van der Waals surface area contributed by atoms with Crippen LogP contribution in [0.4, 0.5) is 0 Å². The van der Waals surface area contributed by atoms with Crippen molar-refractivity contribution in [1.29, 1.82) is 0 Å². The van der Waals surface area contributed by atoms with Crippen LogP contribution in [0.5, 0.6) is 0 Å². The normalized spacial score (nSPS) is 27.1. The lowest BCUT2D eigenvalue weighted by molar-refractivity contribution is 0.551. The van der Waals surface area contributed by atoms with E-state index in [1.807, 2.05) is 11.8 Å². The van der Waals surface area contributed by atoms with Crippen LogP contribution < -0.4 is 4.72 Å². The Morgan fingerprint density at radius 3 is 2.73 bits per heavy atom. The molecule has 0 radical (unpaired) electrons. The Hall–Kier alpha value is 0.550. The smallest absolute Gasteiger partial charge is 0.211 e. The van der Waals surface area contributed by atoms with Gasteiger partial charge in [-0.25, -0.2) is 13.1 Å². The Kier molecular flexibility index (Phi) is 5.74. The quantitative estimate of drug-likeness (QED) is 0.750. The molecule has 1 aliphatic rings. The number of halogens is 1.